The molecule has 0 amide bonds. The molecule has 9 heteroatoms. The van der Waals surface area contributed by atoms with Crippen LogP contribution >= 0.6 is 0 Å². The molecule has 3 aromatic carbocycles. The van der Waals surface area contributed by atoms with Gasteiger partial charge in [-0.05, 0) is 61.4 Å². The Hall–Kier alpha value is -4.71. The van der Waals surface area contributed by atoms with Gasteiger partial charge in [0, 0.05) is 11.6 Å². The number of ether oxygens (including phenoxy) is 5. The van der Waals surface area contributed by atoms with Crippen LogP contribution in [0.2, 0.25) is 0 Å². The Morgan fingerprint density at radius 2 is 1.85 bits per heavy atom. The van der Waals surface area contributed by atoms with E-state index in [4.69, 9.17) is 29.4 Å². The van der Waals surface area contributed by atoms with E-state index in [0.29, 0.717) is 35.2 Å². The smallest absolute Gasteiger partial charge is 0.352 e. The maximum atomic E-state index is 13.1. The lowest BCUT2D eigenvalue weighted by molar-refractivity contribution is -0.141. The normalized spacial score (nSPS) is 14.9. The van der Waals surface area contributed by atoms with Crippen molar-refractivity contribution in [3.8, 4) is 34.8 Å². The van der Waals surface area contributed by atoms with Gasteiger partial charge in [0.2, 0.25) is 5.88 Å². The summed E-state index contributed by atoms with van der Waals surface area (Å²) in [6.45, 7) is 4.18. The number of carbonyl (C=O) groups is 1. The highest BCUT2D eigenvalue weighted by Gasteiger charge is 2.32. The zero-order chi connectivity index (χ0) is 27.9. The fourth-order valence-corrected chi connectivity index (χ4v) is 4.12. The molecule has 2 unspecified atom stereocenters. The molecule has 0 aliphatic carbocycles. The third-order valence-corrected chi connectivity index (χ3v) is 6.14. The van der Waals surface area contributed by atoms with Crippen LogP contribution in [0.15, 0.2) is 72.1 Å². The molecule has 2 N–H and O–H groups in total. The number of benzene rings is 3. The summed E-state index contributed by atoms with van der Waals surface area (Å²) in [6, 6.07) is 17.8. The summed E-state index contributed by atoms with van der Waals surface area (Å²) in [4.78, 5) is 12.6. The molecule has 8 nitrogen and oxygen atoms in total. The summed E-state index contributed by atoms with van der Waals surface area (Å²) >= 11 is 0. The van der Waals surface area contributed by atoms with Gasteiger partial charge in [0.25, 0.3) is 0 Å². The molecule has 2 atom stereocenters. The Labute approximate surface area is 226 Å². The number of unbranched alkanes of at least 4 members (excludes halogenated alkanes) is 1. The van der Waals surface area contributed by atoms with Crippen LogP contribution in [0.1, 0.15) is 43.7 Å². The van der Waals surface area contributed by atoms with Gasteiger partial charge in [-0.15, -0.1) is 0 Å². The summed E-state index contributed by atoms with van der Waals surface area (Å²) in [6.07, 6.45) is 0.966. The first-order chi connectivity index (χ1) is 18.8. The molecule has 1 aliphatic rings. The first-order valence-corrected chi connectivity index (χ1v) is 12.5. The summed E-state index contributed by atoms with van der Waals surface area (Å²) in [5.41, 5.74) is 7.80. The number of allylic oxidation sites excluding steroid dienone is 1. The van der Waals surface area contributed by atoms with Crippen molar-refractivity contribution in [2.75, 3.05) is 13.7 Å². The van der Waals surface area contributed by atoms with E-state index in [2.05, 4.69) is 13.0 Å². The van der Waals surface area contributed by atoms with E-state index < -0.39 is 23.8 Å². The second kappa shape index (κ2) is 12.2. The van der Waals surface area contributed by atoms with E-state index in [1.54, 1.807) is 19.2 Å². The highest BCUT2D eigenvalue weighted by Crippen LogP contribution is 2.45. The lowest BCUT2D eigenvalue weighted by atomic mass is 9.83. The summed E-state index contributed by atoms with van der Waals surface area (Å²) in [5.74, 6) is 0.371. The second-order valence-electron chi connectivity index (χ2n) is 8.87. The molecule has 0 aromatic heterocycles. The molecule has 39 heavy (non-hydrogen) atoms. The Bertz CT molecular complexity index is 1410. The van der Waals surface area contributed by atoms with Gasteiger partial charge in [0.1, 0.15) is 34.7 Å². The zero-order valence-electron chi connectivity index (χ0n) is 21.9. The SMILES string of the molecule is CCCCOc1ccc(C2C(C#N)=C(N)Oc3cc(OC(=O)C(C)Oc4ccc(F)cc4)ccc32)cc1OC. The van der Waals surface area contributed by atoms with Gasteiger partial charge < -0.3 is 29.4 Å². The van der Waals surface area contributed by atoms with Gasteiger partial charge in [0.05, 0.1) is 19.6 Å². The number of methoxy groups -OCH3 is 1. The molecular formula is C30H29FN2O6. The maximum absolute atomic E-state index is 13.1. The van der Waals surface area contributed by atoms with Crippen molar-refractivity contribution in [2.45, 2.75) is 38.7 Å². The topological polar surface area (TPSA) is 113 Å². The van der Waals surface area contributed by atoms with E-state index in [-0.39, 0.29) is 17.2 Å². The first-order valence-electron chi connectivity index (χ1n) is 12.5. The van der Waals surface area contributed by atoms with Gasteiger partial charge in [0.15, 0.2) is 17.6 Å². The van der Waals surface area contributed by atoms with E-state index in [9.17, 15) is 14.4 Å². The lowest BCUT2D eigenvalue weighted by Gasteiger charge is -2.27. The van der Waals surface area contributed by atoms with Crippen molar-refractivity contribution < 1.29 is 32.9 Å². The second-order valence-corrected chi connectivity index (χ2v) is 8.87. The summed E-state index contributed by atoms with van der Waals surface area (Å²) in [5, 5.41) is 9.89. The number of carbonyl (C=O) groups excluding carboxylic acids is 1. The fraction of sp³-hybridized carbons (Fsp3) is 0.267. The minimum atomic E-state index is -0.958. The molecule has 1 aliphatic heterocycles. The van der Waals surface area contributed by atoms with Gasteiger partial charge in [-0.1, -0.05) is 25.5 Å². The lowest BCUT2D eigenvalue weighted by Crippen LogP contribution is -2.28. The van der Waals surface area contributed by atoms with E-state index in [1.807, 2.05) is 18.2 Å². The minimum Gasteiger partial charge on any atom is -0.493 e. The predicted molar refractivity (Wildman–Crippen MR) is 141 cm³/mol. The molecule has 3 aromatic rings. The molecular weight excluding hydrogens is 503 g/mol. The number of rotatable bonds is 10. The summed E-state index contributed by atoms with van der Waals surface area (Å²) in [7, 11) is 1.56. The molecule has 202 valence electrons. The first kappa shape index (κ1) is 27.3. The van der Waals surface area contributed by atoms with Crippen LogP contribution in [0, 0.1) is 17.1 Å². The average Bonchev–Trinajstić information content (AvgIpc) is 2.93. The van der Waals surface area contributed by atoms with Crippen LogP contribution in [0.4, 0.5) is 4.39 Å². The average molecular weight is 533 g/mol. The van der Waals surface area contributed by atoms with Crippen LogP contribution in [0.25, 0.3) is 0 Å². The maximum Gasteiger partial charge on any atom is 0.352 e. The van der Waals surface area contributed by atoms with Gasteiger partial charge in [-0.3, -0.25) is 0 Å². The number of hydrogen-bond acceptors (Lipinski definition) is 8. The van der Waals surface area contributed by atoms with Crippen molar-refractivity contribution in [1.29, 1.82) is 5.26 Å². The van der Waals surface area contributed by atoms with E-state index >= 15 is 0 Å². The highest BCUT2D eigenvalue weighted by atomic mass is 19.1. The van der Waals surface area contributed by atoms with Crippen LogP contribution in [0.3, 0.4) is 0 Å². The quantitative estimate of drug-likeness (QED) is 0.204. The van der Waals surface area contributed by atoms with Crippen molar-refractivity contribution in [3.63, 3.8) is 0 Å². The van der Waals surface area contributed by atoms with Crippen molar-refractivity contribution in [3.05, 3.63) is 89.1 Å². The van der Waals surface area contributed by atoms with Crippen molar-refractivity contribution >= 4 is 5.97 Å². The fourth-order valence-electron chi connectivity index (χ4n) is 4.12. The van der Waals surface area contributed by atoms with Gasteiger partial charge in [-0.2, -0.15) is 5.26 Å². The van der Waals surface area contributed by atoms with Crippen molar-refractivity contribution in [1.82, 2.24) is 0 Å². The third kappa shape index (κ3) is 6.24. The number of hydrogen-bond donors (Lipinski definition) is 1. The number of nitrogens with zero attached hydrogens (tertiary/aromatic N) is 1. The standard InChI is InChI=1S/C30H29FN2O6/c1-4-5-14-36-25-13-6-19(15-27(25)35-3)28-23-12-11-22(16-26(23)39-29(33)24(28)17-32)38-30(34)18(2)37-21-9-7-20(31)8-10-21/h6-13,15-16,18,28H,4-5,14,33H2,1-3H3. The molecule has 0 saturated carbocycles. The number of nitrogens with two attached hydrogens (primary N) is 1. The molecule has 1 heterocycles. The van der Waals surface area contributed by atoms with Crippen LogP contribution < -0.4 is 29.4 Å². The number of nitriles is 1. The number of fused-ring (bicyclic) bond motifs is 1. The summed E-state index contributed by atoms with van der Waals surface area (Å²) < 4.78 is 41.3. The van der Waals surface area contributed by atoms with Crippen LogP contribution in [-0.4, -0.2) is 25.8 Å². The third-order valence-electron chi connectivity index (χ3n) is 6.14. The highest BCUT2D eigenvalue weighted by molar-refractivity contribution is 5.77. The molecule has 0 bridgehead atoms. The monoisotopic (exact) mass is 532 g/mol. The Balaban J connectivity index is 1.58. The Morgan fingerprint density at radius 1 is 1.10 bits per heavy atom. The molecule has 0 spiro atoms. The van der Waals surface area contributed by atoms with E-state index in [1.165, 1.54) is 37.3 Å². The molecule has 4 rings (SSSR count). The molecule has 0 fully saturated rings. The van der Waals surface area contributed by atoms with Crippen LogP contribution in [-0.2, 0) is 4.79 Å². The predicted octanol–water partition coefficient (Wildman–Crippen LogP) is 5.60. The largest absolute Gasteiger partial charge is 0.493 e. The number of esters is 1. The minimum absolute atomic E-state index is 0.0475. The van der Waals surface area contributed by atoms with Gasteiger partial charge in [-0.25, -0.2) is 9.18 Å². The zero-order valence-corrected chi connectivity index (χ0v) is 21.9. The molecule has 0 radical (unpaired) electrons. The van der Waals surface area contributed by atoms with Crippen molar-refractivity contribution in [2.24, 2.45) is 5.73 Å². The Morgan fingerprint density at radius 3 is 2.54 bits per heavy atom. The number of halogens is 1. The Kier molecular flexibility index (Phi) is 8.56. The van der Waals surface area contributed by atoms with Crippen LogP contribution in [0.5, 0.6) is 28.7 Å². The van der Waals surface area contributed by atoms with E-state index in [0.717, 1.165) is 18.4 Å². The molecule has 0 saturated heterocycles. The van der Waals surface area contributed by atoms with Gasteiger partial charge >= 0.3 is 5.97 Å².